The van der Waals surface area contributed by atoms with Crippen molar-refractivity contribution < 1.29 is 31.9 Å². The fourth-order valence-corrected chi connectivity index (χ4v) is 2.14. The number of ether oxygens (including phenoxy) is 1. The second-order valence-corrected chi connectivity index (χ2v) is 6.57. The lowest BCUT2D eigenvalue weighted by Crippen LogP contribution is -2.39. The maximum atomic E-state index is 14.2. The third-order valence-electron chi connectivity index (χ3n) is 3.26. The number of carbonyl (C=O) groups excluding carboxylic acids is 2. The van der Waals surface area contributed by atoms with Gasteiger partial charge in [-0.1, -0.05) is 13.0 Å². The van der Waals surface area contributed by atoms with E-state index in [2.05, 4.69) is 5.32 Å². The summed E-state index contributed by atoms with van der Waals surface area (Å²) in [6.45, 7) is 6.51. The number of nitrogens with one attached hydrogen (secondary N) is 2. The second kappa shape index (κ2) is 8.86. The Balaban J connectivity index is 2.89. The van der Waals surface area contributed by atoms with Crippen LogP contribution in [0.3, 0.4) is 0 Å². The number of benzene rings is 1. The highest BCUT2D eigenvalue weighted by Gasteiger charge is 2.27. The van der Waals surface area contributed by atoms with Crippen molar-refractivity contribution in [3.05, 3.63) is 29.6 Å². The molecule has 1 aromatic rings. The maximum absolute atomic E-state index is 14.2. The zero-order valence-corrected chi connectivity index (χ0v) is 14.9. The van der Waals surface area contributed by atoms with E-state index in [0.29, 0.717) is 0 Å². The van der Waals surface area contributed by atoms with E-state index >= 15 is 0 Å². The standard InChI is InChI=1S/C17H22F4N2O3/c1-5-10(15(24)23-14(21)13(19)20)9-6-7-12(11(18)8-9)22-16(25)26-17(2,3)4/h6-8,10,13-14H,5H2,1-4H3,(H,22,25)(H,23,24). The lowest BCUT2D eigenvalue weighted by atomic mass is 9.95. The second-order valence-electron chi connectivity index (χ2n) is 6.57. The number of carbonyl (C=O) groups is 2. The molecule has 2 atom stereocenters. The Morgan fingerprint density at radius 2 is 1.81 bits per heavy atom. The van der Waals surface area contributed by atoms with Crippen LogP contribution in [0.4, 0.5) is 28.0 Å². The first kappa shape index (κ1) is 21.7. The minimum Gasteiger partial charge on any atom is -0.444 e. The van der Waals surface area contributed by atoms with Crippen LogP contribution in [0, 0.1) is 5.82 Å². The van der Waals surface area contributed by atoms with Gasteiger partial charge in [-0.15, -0.1) is 0 Å². The van der Waals surface area contributed by atoms with E-state index in [0.717, 1.165) is 6.07 Å². The summed E-state index contributed by atoms with van der Waals surface area (Å²) in [6, 6.07) is 3.54. The summed E-state index contributed by atoms with van der Waals surface area (Å²) < 4.78 is 56.6. The monoisotopic (exact) mass is 378 g/mol. The number of rotatable bonds is 6. The molecule has 0 aliphatic heterocycles. The molecule has 2 unspecified atom stereocenters. The van der Waals surface area contributed by atoms with Crippen LogP contribution in [0.2, 0.25) is 0 Å². The predicted molar refractivity (Wildman–Crippen MR) is 88.3 cm³/mol. The van der Waals surface area contributed by atoms with Gasteiger partial charge in [0, 0.05) is 0 Å². The van der Waals surface area contributed by atoms with Gasteiger partial charge in [-0.25, -0.2) is 22.4 Å². The first-order valence-electron chi connectivity index (χ1n) is 7.96. The molecule has 1 aromatic carbocycles. The number of alkyl halides is 3. The van der Waals surface area contributed by atoms with Crippen LogP contribution < -0.4 is 10.6 Å². The highest BCUT2D eigenvalue weighted by atomic mass is 19.3. The van der Waals surface area contributed by atoms with Crippen LogP contribution in [-0.2, 0) is 9.53 Å². The van der Waals surface area contributed by atoms with E-state index < -0.39 is 42.1 Å². The minimum absolute atomic E-state index is 0.139. The molecule has 2 N–H and O–H groups in total. The Bertz CT molecular complexity index is 647. The quantitative estimate of drug-likeness (QED) is 0.572. The molecule has 0 bridgehead atoms. The zero-order valence-electron chi connectivity index (χ0n) is 14.9. The molecule has 0 radical (unpaired) electrons. The van der Waals surface area contributed by atoms with E-state index in [-0.39, 0.29) is 17.7 Å². The van der Waals surface area contributed by atoms with Gasteiger partial charge in [-0.05, 0) is 44.9 Å². The highest BCUT2D eigenvalue weighted by Crippen LogP contribution is 2.25. The summed E-state index contributed by atoms with van der Waals surface area (Å²) in [4.78, 5) is 23.6. The molecule has 1 rings (SSSR count). The van der Waals surface area contributed by atoms with Crippen molar-refractivity contribution >= 4 is 17.7 Å². The average Bonchev–Trinajstić information content (AvgIpc) is 2.48. The molecule has 2 amide bonds. The van der Waals surface area contributed by atoms with E-state index in [1.807, 2.05) is 0 Å². The Kier molecular flexibility index (Phi) is 7.41. The van der Waals surface area contributed by atoms with E-state index in [1.54, 1.807) is 33.0 Å². The molecule has 0 fully saturated rings. The number of anilines is 1. The van der Waals surface area contributed by atoms with Crippen molar-refractivity contribution in [3.8, 4) is 0 Å². The van der Waals surface area contributed by atoms with Gasteiger partial charge in [0.1, 0.15) is 11.4 Å². The summed E-state index contributed by atoms with van der Waals surface area (Å²) in [6.07, 6.45) is -6.87. The molecule has 0 aliphatic carbocycles. The molecule has 0 saturated carbocycles. The van der Waals surface area contributed by atoms with Crippen molar-refractivity contribution in [2.45, 2.75) is 58.4 Å². The molecule has 5 nitrogen and oxygen atoms in total. The van der Waals surface area contributed by atoms with Crippen molar-refractivity contribution in [2.75, 3.05) is 5.32 Å². The van der Waals surface area contributed by atoms with Crippen LogP contribution in [0.25, 0.3) is 0 Å². The van der Waals surface area contributed by atoms with Crippen LogP contribution in [-0.4, -0.2) is 30.3 Å². The van der Waals surface area contributed by atoms with E-state index in [9.17, 15) is 27.2 Å². The number of hydrogen-bond acceptors (Lipinski definition) is 3. The van der Waals surface area contributed by atoms with Gasteiger partial charge in [0.25, 0.3) is 6.43 Å². The highest BCUT2D eigenvalue weighted by molar-refractivity contribution is 5.86. The molecule has 0 saturated heterocycles. The van der Waals surface area contributed by atoms with Gasteiger partial charge in [-0.3, -0.25) is 10.1 Å². The van der Waals surface area contributed by atoms with Crippen molar-refractivity contribution in [2.24, 2.45) is 0 Å². The SMILES string of the molecule is CCC(C(=O)NC(F)C(F)F)c1ccc(NC(=O)OC(C)(C)C)c(F)c1. The van der Waals surface area contributed by atoms with Crippen LogP contribution in [0.15, 0.2) is 18.2 Å². The molecule has 0 heterocycles. The Labute approximate surface area is 149 Å². The normalized spacial score (nSPS) is 13.9. The molecular weight excluding hydrogens is 356 g/mol. The smallest absolute Gasteiger partial charge is 0.412 e. The third kappa shape index (κ3) is 6.53. The summed E-state index contributed by atoms with van der Waals surface area (Å²) in [5.74, 6) is -2.84. The minimum atomic E-state index is -3.35. The van der Waals surface area contributed by atoms with Gasteiger partial charge in [0.05, 0.1) is 11.6 Å². The van der Waals surface area contributed by atoms with Crippen molar-refractivity contribution in [3.63, 3.8) is 0 Å². The topological polar surface area (TPSA) is 67.4 Å². The Morgan fingerprint density at radius 1 is 1.19 bits per heavy atom. The molecule has 0 spiro atoms. The molecule has 26 heavy (non-hydrogen) atoms. The third-order valence-corrected chi connectivity index (χ3v) is 3.26. The van der Waals surface area contributed by atoms with E-state index in [1.165, 1.54) is 12.1 Å². The fraction of sp³-hybridized carbons (Fsp3) is 0.529. The van der Waals surface area contributed by atoms with Crippen LogP contribution in [0.5, 0.6) is 0 Å². The Morgan fingerprint density at radius 3 is 2.27 bits per heavy atom. The fourth-order valence-electron chi connectivity index (χ4n) is 2.14. The van der Waals surface area contributed by atoms with Gasteiger partial charge in [0.15, 0.2) is 0 Å². The lowest BCUT2D eigenvalue weighted by molar-refractivity contribution is -0.126. The summed E-state index contributed by atoms with van der Waals surface area (Å²) >= 11 is 0. The first-order chi connectivity index (χ1) is 11.9. The average molecular weight is 378 g/mol. The molecule has 0 aliphatic rings. The van der Waals surface area contributed by atoms with Gasteiger partial charge in [-0.2, -0.15) is 0 Å². The molecule has 146 valence electrons. The molecule has 0 aromatic heterocycles. The van der Waals surface area contributed by atoms with E-state index in [4.69, 9.17) is 4.74 Å². The van der Waals surface area contributed by atoms with Gasteiger partial charge >= 0.3 is 6.09 Å². The summed E-state index contributed by atoms with van der Waals surface area (Å²) in [5.41, 5.74) is -0.771. The maximum Gasteiger partial charge on any atom is 0.412 e. The van der Waals surface area contributed by atoms with Crippen LogP contribution in [0.1, 0.15) is 45.6 Å². The van der Waals surface area contributed by atoms with Crippen molar-refractivity contribution in [1.82, 2.24) is 5.32 Å². The number of hydrogen-bond donors (Lipinski definition) is 2. The summed E-state index contributed by atoms with van der Waals surface area (Å²) in [5, 5.41) is 3.78. The number of halogens is 4. The van der Waals surface area contributed by atoms with Gasteiger partial charge in [0.2, 0.25) is 12.2 Å². The predicted octanol–water partition coefficient (Wildman–Crippen LogP) is 4.34. The van der Waals surface area contributed by atoms with Crippen molar-refractivity contribution in [1.29, 1.82) is 0 Å². The first-order valence-corrected chi connectivity index (χ1v) is 7.96. The van der Waals surface area contributed by atoms with Gasteiger partial charge < -0.3 is 10.1 Å². The largest absolute Gasteiger partial charge is 0.444 e. The zero-order chi connectivity index (χ0) is 20.1. The number of amides is 2. The summed E-state index contributed by atoms with van der Waals surface area (Å²) in [7, 11) is 0. The Hall–Kier alpha value is -2.32. The molecular formula is C17H22F4N2O3. The van der Waals surface area contributed by atoms with Crippen LogP contribution >= 0.6 is 0 Å². The molecule has 9 heteroatoms. The lowest BCUT2D eigenvalue weighted by Gasteiger charge is -2.20.